The number of nitrogens with one attached hydrogen (secondary N) is 1. The number of benzene rings is 1. The second-order valence-corrected chi connectivity index (χ2v) is 5.61. The Kier molecular flexibility index (Phi) is 2.84. The van der Waals surface area contributed by atoms with Gasteiger partial charge in [-0.15, -0.1) is 0 Å². The van der Waals surface area contributed by atoms with Gasteiger partial charge in [0.15, 0.2) is 0 Å². The molecule has 0 heterocycles. The molecule has 0 bridgehead atoms. The number of rotatable bonds is 4. The molecule has 0 saturated heterocycles. The van der Waals surface area contributed by atoms with Gasteiger partial charge >= 0.3 is 0 Å². The summed E-state index contributed by atoms with van der Waals surface area (Å²) >= 11 is 0. The molecule has 0 spiro atoms. The minimum atomic E-state index is -0.389. The molecule has 2 aliphatic carbocycles. The number of hydrogen-bond donors (Lipinski definition) is 1. The molecule has 2 saturated carbocycles. The quantitative estimate of drug-likeness (QED) is 0.870. The van der Waals surface area contributed by atoms with Crippen molar-refractivity contribution in [3.05, 3.63) is 35.1 Å². The fraction of sp³-hybridized carbons (Fsp3) is 0.533. The summed E-state index contributed by atoms with van der Waals surface area (Å²) in [7, 11) is 0. The van der Waals surface area contributed by atoms with Crippen LogP contribution in [0.25, 0.3) is 0 Å². The lowest BCUT2D eigenvalue weighted by Gasteiger charge is -2.18. The zero-order valence-electron chi connectivity index (χ0n) is 10.6. The summed E-state index contributed by atoms with van der Waals surface area (Å²) in [5.74, 6) is 0.629. The van der Waals surface area contributed by atoms with E-state index in [4.69, 9.17) is 0 Å². The zero-order chi connectivity index (χ0) is 12.7. The van der Waals surface area contributed by atoms with Crippen LogP contribution in [0.4, 0.5) is 4.39 Å². The standard InChI is InChI=1S/C15H18FNO/c1-9-3-2-4-12(13(9)16)15(18)17-14(10-5-6-10)11-7-8-11/h2-4,10-11,14H,5-8H2,1H3,(H,17,18). The first kappa shape index (κ1) is 11.7. The van der Waals surface area contributed by atoms with Crippen LogP contribution in [0.2, 0.25) is 0 Å². The highest BCUT2D eigenvalue weighted by molar-refractivity contribution is 5.95. The molecule has 0 radical (unpaired) electrons. The van der Waals surface area contributed by atoms with E-state index in [0.717, 1.165) is 0 Å². The van der Waals surface area contributed by atoms with Gasteiger partial charge in [0.1, 0.15) is 5.82 Å². The molecule has 96 valence electrons. The van der Waals surface area contributed by atoms with E-state index in [-0.39, 0.29) is 23.3 Å². The third-order valence-electron chi connectivity index (χ3n) is 3.99. The van der Waals surface area contributed by atoms with Crippen molar-refractivity contribution in [2.75, 3.05) is 0 Å². The minimum absolute atomic E-state index is 0.182. The Morgan fingerprint density at radius 1 is 1.28 bits per heavy atom. The van der Waals surface area contributed by atoms with Crippen molar-refractivity contribution in [2.45, 2.75) is 38.6 Å². The second-order valence-electron chi connectivity index (χ2n) is 5.61. The van der Waals surface area contributed by atoms with E-state index in [9.17, 15) is 9.18 Å². The van der Waals surface area contributed by atoms with E-state index in [1.165, 1.54) is 25.7 Å². The van der Waals surface area contributed by atoms with Gasteiger partial charge < -0.3 is 5.32 Å². The van der Waals surface area contributed by atoms with Crippen LogP contribution in [0.5, 0.6) is 0 Å². The molecule has 2 nitrogen and oxygen atoms in total. The van der Waals surface area contributed by atoms with E-state index in [1.807, 2.05) is 0 Å². The fourth-order valence-electron chi connectivity index (χ4n) is 2.58. The average molecular weight is 247 g/mol. The van der Waals surface area contributed by atoms with Crippen LogP contribution in [0.3, 0.4) is 0 Å². The molecule has 3 heteroatoms. The smallest absolute Gasteiger partial charge is 0.254 e. The van der Waals surface area contributed by atoms with Crippen LogP contribution in [0, 0.1) is 24.6 Å². The van der Waals surface area contributed by atoms with Crippen molar-refractivity contribution >= 4 is 5.91 Å². The summed E-state index contributed by atoms with van der Waals surface area (Å²) in [6.07, 6.45) is 4.82. The molecule has 1 aromatic carbocycles. The van der Waals surface area contributed by atoms with Gasteiger partial charge in [-0.3, -0.25) is 4.79 Å². The summed E-state index contributed by atoms with van der Waals surface area (Å²) in [4.78, 5) is 12.1. The summed E-state index contributed by atoms with van der Waals surface area (Å²) in [5, 5.41) is 3.05. The number of carbonyl (C=O) groups is 1. The maximum Gasteiger partial charge on any atom is 0.254 e. The molecule has 0 atom stereocenters. The van der Waals surface area contributed by atoms with Crippen LogP contribution < -0.4 is 5.32 Å². The second kappa shape index (κ2) is 4.38. The highest BCUT2D eigenvalue weighted by atomic mass is 19.1. The van der Waals surface area contributed by atoms with Crippen molar-refractivity contribution in [3.8, 4) is 0 Å². The number of halogens is 1. The molecule has 0 unspecified atom stereocenters. The lowest BCUT2D eigenvalue weighted by atomic mass is 10.1. The lowest BCUT2D eigenvalue weighted by molar-refractivity contribution is 0.0922. The maximum absolute atomic E-state index is 13.9. The molecule has 2 fully saturated rings. The zero-order valence-corrected chi connectivity index (χ0v) is 10.6. The fourth-order valence-corrected chi connectivity index (χ4v) is 2.58. The highest BCUT2D eigenvalue weighted by Crippen LogP contribution is 2.44. The van der Waals surface area contributed by atoms with Gasteiger partial charge in [0.2, 0.25) is 0 Å². The monoisotopic (exact) mass is 247 g/mol. The van der Waals surface area contributed by atoms with Crippen molar-refractivity contribution in [1.29, 1.82) is 0 Å². The molecular formula is C15H18FNO. The molecule has 2 aliphatic rings. The Morgan fingerprint density at radius 2 is 1.89 bits per heavy atom. The molecule has 0 aromatic heterocycles. The first-order chi connectivity index (χ1) is 8.66. The predicted molar refractivity (Wildman–Crippen MR) is 67.8 cm³/mol. The van der Waals surface area contributed by atoms with Gasteiger partial charge in [-0.2, -0.15) is 0 Å². The first-order valence-corrected chi connectivity index (χ1v) is 6.73. The van der Waals surface area contributed by atoms with E-state index < -0.39 is 0 Å². The number of amides is 1. The highest BCUT2D eigenvalue weighted by Gasteiger charge is 2.42. The Bertz CT molecular complexity index is 465. The topological polar surface area (TPSA) is 29.1 Å². The first-order valence-electron chi connectivity index (χ1n) is 6.73. The van der Waals surface area contributed by atoms with Gasteiger partial charge in [0, 0.05) is 6.04 Å². The summed E-state index contributed by atoms with van der Waals surface area (Å²) in [6.45, 7) is 1.69. The molecule has 1 N–H and O–H groups in total. The molecule has 0 aliphatic heterocycles. The SMILES string of the molecule is Cc1cccc(C(=O)NC(C2CC2)C2CC2)c1F. The van der Waals surface area contributed by atoms with Crippen LogP contribution in [-0.2, 0) is 0 Å². The maximum atomic E-state index is 13.9. The molecule has 1 amide bonds. The normalized spacial score (nSPS) is 19.1. The Morgan fingerprint density at radius 3 is 2.44 bits per heavy atom. The van der Waals surface area contributed by atoms with Gasteiger partial charge in [-0.25, -0.2) is 4.39 Å². The predicted octanol–water partition coefficient (Wildman–Crippen LogP) is 3.05. The third kappa shape index (κ3) is 2.26. The van der Waals surface area contributed by atoms with E-state index >= 15 is 0 Å². The third-order valence-corrected chi connectivity index (χ3v) is 3.99. The summed E-state index contributed by atoms with van der Waals surface area (Å²) < 4.78 is 13.9. The number of carbonyl (C=O) groups excluding carboxylic acids is 1. The summed E-state index contributed by atoms with van der Waals surface area (Å²) in [6, 6.07) is 5.26. The van der Waals surface area contributed by atoms with E-state index in [0.29, 0.717) is 17.4 Å². The molecular weight excluding hydrogens is 229 g/mol. The molecule has 3 rings (SSSR count). The minimum Gasteiger partial charge on any atom is -0.349 e. The Balaban J connectivity index is 1.75. The Labute approximate surface area is 107 Å². The van der Waals surface area contributed by atoms with Crippen LogP contribution in [0.1, 0.15) is 41.6 Å². The molecule has 18 heavy (non-hydrogen) atoms. The van der Waals surface area contributed by atoms with E-state index in [2.05, 4.69) is 5.32 Å². The van der Waals surface area contributed by atoms with Gasteiger partial charge in [0.25, 0.3) is 5.91 Å². The van der Waals surface area contributed by atoms with Gasteiger partial charge in [-0.1, -0.05) is 12.1 Å². The summed E-state index contributed by atoms with van der Waals surface area (Å²) in [5.41, 5.74) is 0.707. The van der Waals surface area contributed by atoms with E-state index in [1.54, 1.807) is 25.1 Å². The van der Waals surface area contributed by atoms with Crippen molar-refractivity contribution in [2.24, 2.45) is 11.8 Å². The average Bonchev–Trinajstić information content (AvgIpc) is 3.22. The number of aryl methyl sites for hydroxylation is 1. The van der Waals surface area contributed by atoms with Gasteiger partial charge in [0.05, 0.1) is 5.56 Å². The van der Waals surface area contributed by atoms with Crippen LogP contribution >= 0.6 is 0 Å². The number of hydrogen-bond acceptors (Lipinski definition) is 1. The van der Waals surface area contributed by atoms with Gasteiger partial charge in [-0.05, 0) is 56.1 Å². The van der Waals surface area contributed by atoms with Crippen molar-refractivity contribution < 1.29 is 9.18 Å². The van der Waals surface area contributed by atoms with Crippen molar-refractivity contribution in [1.82, 2.24) is 5.32 Å². The van der Waals surface area contributed by atoms with Crippen molar-refractivity contribution in [3.63, 3.8) is 0 Å². The lowest BCUT2D eigenvalue weighted by Crippen LogP contribution is -2.38. The Hall–Kier alpha value is -1.38. The van der Waals surface area contributed by atoms with Crippen LogP contribution in [0.15, 0.2) is 18.2 Å². The molecule has 1 aromatic rings. The largest absolute Gasteiger partial charge is 0.349 e. The van der Waals surface area contributed by atoms with Crippen LogP contribution in [-0.4, -0.2) is 11.9 Å².